The highest BCUT2D eigenvalue weighted by Gasteiger charge is 2.55. The van der Waals surface area contributed by atoms with Crippen LogP contribution in [0.5, 0.6) is 11.5 Å². The topological polar surface area (TPSA) is 416 Å². The monoisotopic (exact) mass is 1120 g/mol. The first-order valence-corrected chi connectivity index (χ1v) is 26.7. The number of aliphatic hydroxyl groups is 16. The van der Waals surface area contributed by atoms with Crippen molar-refractivity contribution in [1.29, 1.82) is 0 Å². The molecule has 16 N–H and O–H groups in total. The Kier molecular flexibility index (Phi) is 22.3. The van der Waals surface area contributed by atoms with Gasteiger partial charge < -0.3 is 129 Å². The molecule has 27 atom stereocenters. The Morgan fingerprint density at radius 3 is 1.36 bits per heavy atom. The summed E-state index contributed by atoms with van der Waals surface area (Å²) in [7, 11) is 0. The summed E-state index contributed by atoms with van der Waals surface area (Å²) in [6, 6.07) is 3.37. The van der Waals surface area contributed by atoms with Gasteiger partial charge in [0.2, 0.25) is 12.6 Å². The number of hydrogen-bond donors (Lipinski definition) is 16. The molecule has 1 aromatic carbocycles. The molecule has 78 heavy (non-hydrogen) atoms. The molecule has 1 aromatic rings. The van der Waals surface area contributed by atoms with Gasteiger partial charge in [-0.15, -0.1) is 0 Å². The molecule has 0 unspecified atom stereocenters. The van der Waals surface area contributed by atoms with Gasteiger partial charge in [0.15, 0.2) is 18.9 Å². The second-order valence-corrected chi connectivity index (χ2v) is 21.4. The van der Waals surface area contributed by atoms with Gasteiger partial charge in [0, 0.05) is 17.4 Å². The summed E-state index contributed by atoms with van der Waals surface area (Å²) in [6.07, 6.45) is -35.9. The SMILES string of the molecule is C=C(C)[C@@H]1CCC(C)=C[C@H]1c1c(O[C@H]2O[C@@H](CO)[C@H](O)[C@@H](O[C@H]3O[C@@H](CO)[C@H](O)[C@@H](O)[C@@H]3O)[C@@H]2O)cc(CCCCC)cc1O[C@@H]1O[C@H](CO)[C@@H](O)[C@H](O[C@@H]2O[C@H](CO)[C@@H](O)[C@H](O[C@@H]3O[C@H](CO)[C@@H](C)[C@H](O)[C@H]3O)[C@H]2O)[C@H]1O. The van der Waals surface area contributed by atoms with Gasteiger partial charge in [-0.3, -0.25) is 0 Å². The van der Waals surface area contributed by atoms with Crippen LogP contribution in [-0.4, -0.2) is 262 Å². The van der Waals surface area contributed by atoms with Gasteiger partial charge >= 0.3 is 0 Å². The zero-order valence-electron chi connectivity index (χ0n) is 44.0. The van der Waals surface area contributed by atoms with E-state index in [1.165, 1.54) is 6.92 Å². The molecule has 26 heteroatoms. The van der Waals surface area contributed by atoms with Crippen LogP contribution in [0.15, 0.2) is 35.9 Å². The Hall–Kier alpha value is -2.66. The molecule has 5 saturated heterocycles. The first kappa shape index (κ1) is 62.9. The summed E-state index contributed by atoms with van der Waals surface area (Å²) in [6.45, 7) is 7.57. The van der Waals surface area contributed by atoms with Gasteiger partial charge in [-0.2, -0.15) is 0 Å². The number of unbranched alkanes of at least 4 members (excludes halogenated alkanes) is 2. The molecule has 0 radical (unpaired) electrons. The Morgan fingerprint density at radius 2 is 0.923 bits per heavy atom. The van der Waals surface area contributed by atoms with E-state index in [2.05, 4.69) is 6.58 Å². The van der Waals surface area contributed by atoms with Crippen LogP contribution in [0, 0.1) is 11.8 Å². The second kappa shape index (κ2) is 27.6. The molecule has 446 valence electrons. The Labute approximate surface area is 451 Å². The van der Waals surface area contributed by atoms with E-state index in [-0.39, 0.29) is 23.0 Å². The van der Waals surface area contributed by atoms with E-state index in [0.29, 0.717) is 31.2 Å². The molecule has 0 bridgehead atoms. The molecule has 5 aliphatic heterocycles. The van der Waals surface area contributed by atoms with Crippen molar-refractivity contribution in [3.63, 3.8) is 0 Å². The van der Waals surface area contributed by atoms with Crippen LogP contribution in [0.3, 0.4) is 0 Å². The highest BCUT2D eigenvalue weighted by atomic mass is 16.8. The third-order valence-corrected chi connectivity index (χ3v) is 15.9. The van der Waals surface area contributed by atoms with E-state index in [1.807, 2.05) is 26.8 Å². The van der Waals surface area contributed by atoms with Crippen molar-refractivity contribution in [3.8, 4) is 11.5 Å². The number of rotatable bonds is 21. The van der Waals surface area contributed by atoms with Crippen molar-refractivity contribution in [2.75, 3.05) is 33.0 Å². The first-order valence-electron chi connectivity index (χ1n) is 26.7. The molecule has 0 spiro atoms. The standard InChI is InChI=1S/C52H82O26/c1-6-7-8-9-23-13-26(69-50-42(66)45(36(60)30(17-55)73-50)77-49-41(65)39(63)35(59)29(16-54)72-49)33(25-12-21(4)10-11-24(25)20(2)3)27(14-23)70-51-43(67)46(37(61)31(18-56)74-51)78-52-44(68)47(38(62)32(19-57)75-52)76-48-40(64)34(58)22(5)28(15-53)71-48/h12-14,22,24-25,28-32,34-68H,2,6-11,15-19H2,1,3-5H3/t22-,24+,25-,28-,29+,30+,31-,32-,34+,35+,36+,37-,38-,39-,40-,41+,42+,43-,44-,45-,46+,47+,48+,49-,50+,51-,52+/m1/s1. The lowest BCUT2D eigenvalue weighted by molar-refractivity contribution is -0.376. The minimum atomic E-state index is -2.03. The van der Waals surface area contributed by atoms with E-state index in [4.69, 9.17) is 47.4 Å². The van der Waals surface area contributed by atoms with Crippen LogP contribution in [0.25, 0.3) is 0 Å². The van der Waals surface area contributed by atoms with Gasteiger partial charge in [-0.25, -0.2) is 0 Å². The number of aliphatic hydroxyl groups excluding tert-OH is 16. The highest BCUT2D eigenvalue weighted by molar-refractivity contribution is 5.53. The lowest BCUT2D eigenvalue weighted by Crippen LogP contribution is -2.66. The van der Waals surface area contributed by atoms with Crippen LogP contribution in [0.4, 0.5) is 0 Å². The van der Waals surface area contributed by atoms with Crippen molar-refractivity contribution in [2.45, 2.75) is 220 Å². The van der Waals surface area contributed by atoms with Gasteiger partial charge in [-0.1, -0.05) is 50.5 Å². The molecule has 5 heterocycles. The number of ether oxygens (including phenoxy) is 10. The lowest BCUT2D eigenvalue weighted by atomic mass is 9.73. The molecule has 26 nitrogen and oxygen atoms in total. The molecular weight excluding hydrogens is 1040 g/mol. The fourth-order valence-corrected chi connectivity index (χ4v) is 11.0. The molecule has 0 saturated carbocycles. The highest BCUT2D eigenvalue weighted by Crippen LogP contribution is 2.49. The summed E-state index contributed by atoms with van der Waals surface area (Å²) in [5.41, 5.74) is 2.59. The van der Waals surface area contributed by atoms with E-state index in [9.17, 15) is 81.7 Å². The van der Waals surface area contributed by atoms with Crippen molar-refractivity contribution in [3.05, 3.63) is 47.1 Å². The Morgan fingerprint density at radius 1 is 0.526 bits per heavy atom. The third-order valence-electron chi connectivity index (χ3n) is 15.9. The summed E-state index contributed by atoms with van der Waals surface area (Å²) in [4.78, 5) is 0. The van der Waals surface area contributed by atoms with E-state index in [1.54, 1.807) is 12.1 Å². The number of hydrogen-bond acceptors (Lipinski definition) is 26. The summed E-state index contributed by atoms with van der Waals surface area (Å²) in [5, 5.41) is 174. The van der Waals surface area contributed by atoms with Gasteiger partial charge in [0.1, 0.15) is 115 Å². The van der Waals surface area contributed by atoms with Crippen LogP contribution in [0.1, 0.15) is 76.8 Å². The fraction of sp³-hybridized carbons (Fsp3) is 0.808. The normalized spacial score (nSPS) is 44.4. The minimum Gasteiger partial charge on any atom is -0.462 e. The van der Waals surface area contributed by atoms with Crippen molar-refractivity contribution in [2.24, 2.45) is 11.8 Å². The average Bonchev–Trinajstić information content (AvgIpc) is 3.56. The molecule has 7 rings (SSSR count). The maximum absolute atomic E-state index is 12.2. The van der Waals surface area contributed by atoms with E-state index >= 15 is 0 Å². The largest absolute Gasteiger partial charge is 0.462 e. The van der Waals surface area contributed by atoms with Crippen LogP contribution in [0.2, 0.25) is 0 Å². The quantitative estimate of drug-likeness (QED) is 0.0408. The maximum Gasteiger partial charge on any atom is 0.229 e. The minimum absolute atomic E-state index is 0.0184. The average molecular weight is 1120 g/mol. The predicted octanol–water partition coefficient (Wildman–Crippen LogP) is -4.46. The number of allylic oxidation sites excluding steroid dienone is 3. The molecule has 1 aliphatic carbocycles. The number of aryl methyl sites for hydroxylation is 1. The van der Waals surface area contributed by atoms with Crippen molar-refractivity contribution in [1.82, 2.24) is 0 Å². The van der Waals surface area contributed by atoms with Crippen LogP contribution < -0.4 is 9.47 Å². The zero-order valence-corrected chi connectivity index (χ0v) is 44.0. The van der Waals surface area contributed by atoms with Gasteiger partial charge in [-0.05, 0) is 63.1 Å². The molecule has 0 amide bonds. The molecular formula is C52H82O26. The van der Waals surface area contributed by atoms with E-state index < -0.39 is 192 Å². The molecule has 6 aliphatic rings. The van der Waals surface area contributed by atoms with Gasteiger partial charge in [0.05, 0.1) is 45.2 Å². The van der Waals surface area contributed by atoms with E-state index in [0.717, 1.165) is 24.0 Å². The molecule has 0 aromatic heterocycles. The Balaban J connectivity index is 1.25. The maximum atomic E-state index is 12.2. The second-order valence-electron chi connectivity index (χ2n) is 21.4. The van der Waals surface area contributed by atoms with Crippen molar-refractivity contribution < 1.29 is 129 Å². The summed E-state index contributed by atoms with van der Waals surface area (Å²) in [5.74, 6) is -1.64. The Bertz CT molecular complexity index is 2100. The lowest BCUT2D eigenvalue weighted by Gasteiger charge is -2.48. The van der Waals surface area contributed by atoms with Crippen molar-refractivity contribution >= 4 is 0 Å². The smallest absolute Gasteiger partial charge is 0.229 e. The summed E-state index contributed by atoms with van der Waals surface area (Å²) >= 11 is 0. The van der Waals surface area contributed by atoms with Gasteiger partial charge in [0.25, 0.3) is 0 Å². The fourth-order valence-electron chi connectivity index (χ4n) is 11.0. The third kappa shape index (κ3) is 13.4. The van der Waals surface area contributed by atoms with Crippen LogP contribution >= 0.6 is 0 Å². The molecule has 5 fully saturated rings. The summed E-state index contributed by atoms with van der Waals surface area (Å²) < 4.78 is 60.1. The van der Waals surface area contributed by atoms with Crippen LogP contribution in [-0.2, 0) is 44.3 Å². The predicted molar refractivity (Wildman–Crippen MR) is 264 cm³/mol. The zero-order chi connectivity index (χ0) is 57.0. The number of benzene rings is 1. The first-order chi connectivity index (χ1) is 37.1.